The molecular weight excluding hydrogens is 470 g/mol. The molecule has 0 spiro atoms. The number of aliphatic carboxylic acids is 3. The van der Waals surface area contributed by atoms with E-state index < -0.39 is 42.0 Å². The summed E-state index contributed by atoms with van der Waals surface area (Å²) in [5.41, 5.74) is 0. The molecule has 7 nitrogen and oxygen atoms in total. The maximum Gasteiger partial charge on any atom is 0.359 e. The summed E-state index contributed by atoms with van der Waals surface area (Å²) in [6.07, 6.45) is 29.4. The lowest BCUT2D eigenvalue weighted by Crippen LogP contribution is -2.57. The van der Waals surface area contributed by atoms with Gasteiger partial charge in [0, 0.05) is 0 Å². The first-order valence-electron chi connectivity index (χ1n) is 15.0. The van der Waals surface area contributed by atoms with E-state index in [1.54, 1.807) is 0 Å². The zero-order chi connectivity index (χ0) is 27.6. The molecule has 0 saturated heterocycles. The van der Waals surface area contributed by atoms with Gasteiger partial charge in [0.25, 0.3) is 0 Å². The highest BCUT2D eigenvalue weighted by atomic mass is 16.4. The second kappa shape index (κ2) is 24.4. The fourth-order valence-electron chi connectivity index (χ4n) is 5.02. The summed E-state index contributed by atoms with van der Waals surface area (Å²) >= 11 is 0. The Morgan fingerprint density at radius 3 is 1.11 bits per heavy atom. The number of unbranched alkanes of at least 4 members (excludes halogenated alkanes) is 18. The molecule has 0 fully saturated rings. The van der Waals surface area contributed by atoms with Crippen LogP contribution in [0.25, 0.3) is 0 Å². The van der Waals surface area contributed by atoms with E-state index in [0.717, 1.165) is 25.7 Å². The fraction of sp³-hybridized carbons (Fsp3) is 0.833. The van der Waals surface area contributed by atoms with Gasteiger partial charge in [-0.3, -0.25) is 4.48 Å². The summed E-state index contributed by atoms with van der Waals surface area (Å²) in [5, 5.41) is 27.4. The van der Waals surface area contributed by atoms with Gasteiger partial charge in [0.2, 0.25) is 0 Å². The number of carboxylic acid groups (broad SMARTS) is 3. The molecule has 0 aliphatic rings. The Labute approximate surface area is 225 Å². The Kier molecular flexibility index (Phi) is 23.2. The van der Waals surface area contributed by atoms with E-state index in [1.165, 1.54) is 96.3 Å². The quantitative estimate of drug-likeness (QED) is 0.0555. The van der Waals surface area contributed by atoms with Crippen molar-refractivity contribution in [1.82, 2.24) is 0 Å². The third-order valence-corrected chi connectivity index (χ3v) is 7.06. The van der Waals surface area contributed by atoms with Crippen LogP contribution < -0.4 is 0 Å². The molecule has 0 aromatic heterocycles. The Morgan fingerprint density at radius 2 is 0.784 bits per heavy atom. The normalized spacial score (nSPS) is 11.8. The van der Waals surface area contributed by atoms with Crippen LogP contribution in [0.5, 0.6) is 0 Å². The summed E-state index contributed by atoms with van der Waals surface area (Å²) in [6.45, 7) is 1.05. The first-order valence-corrected chi connectivity index (χ1v) is 15.0. The van der Waals surface area contributed by atoms with E-state index in [1.807, 2.05) is 0 Å². The molecule has 216 valence electrons. The van der Waals surface area contributed by atoms with Gasteiger partial charge in [-0.05, 0) is 38.5 Å². The van der Waals surface area contributed by atoms with E-state index in [9.17, 15) is 14.4 Å². The van der Waals surface area contributed by atoms with Crippen LogP contribution in [0.3, 0.4) is 0 Å². The van der Waals surface area contributed by atoms with E-state index in [4.69, 9.17) is 15.3 Å². The molecule has 37 heavy (non-hydrogen) atoms. The van der Waals surface area contributed by atoms with Crippen LogP contribution in [0.4, 0.5) is 0 Å². The Bertz CT molecular complexity index is 578. The van der Waals surface area contributed by atoms with Crippen molar-refractivity contribution in [3.63, 3.8) is 0 Å². The molecule has 0 rings (SSSR count). The van der Waals surface area contributed by atoms with Gasteiger partial charge in [0.05, 0.1) is 6.54 Å². The van der Waals surface area contributed by atoms with Crippen LogP contribution in [-0.4, -0.2) is 63.9 Å². The lowest BCUT2D eigenvalue weighted by atomic mass is 10.0. The Morgan fingerprint density at radius 1 is 0.486 bits per heavy atom. The van der Waals surface area contributed by atoms with Gasteiger partial charge in [0.1, 0.15) is 0 Å². The molecule has 0 atom stereocenters. The van der Waals surface area contributed by atoms with E-state index in [-0.39, 0.29) is 6.54 Å². The summed E-state index contributed by atoms with van der Waals surface area (Å²) < 4.78 is -0.449. The van der Waals surface area contributed by atoms with Gasteiger partial charge in [0.15, 0.2) is 19.6 Å². The van der Waals surface area contributed by atoms with Gasteiger partial charge in [-0.2, -0.15) is 0 Å². The highest BCUT2D eigenvalue weighted by molar-refractivity contribution is 5.73. The molecular formula is C30H56NO6+. The standard InChI is InChI=1S/C30H55NO6/c1-2-3-4-5-6-7-8-9-10-11-12-13-14-15-16-17-18-19-20-21-22-23-24-31(25-28(32)33,26-29(34)35)27-30(36)37/h18-19H,2-17,20-27H2,1H3,(H2-,32,33,34,35,36,37)/p+1/b19-18+. The van der Waals surface area contributed by atoms with Crippen LogP contribution in [0.2, 0.25) is 0 Å². The zero-order valence-electron chi connectivity index (χ0n) is 23.6. The second-order valence-corrected chi connectivity index (χ2v) is 10.8. The molecule has 0 aliphatic carbocycles. The van der Waals surface area contributed by atoms with Crippen LogP contribution in [0.1, 0.15) is 135 Å². The van der Waals surface area contributed by atoms with Crippen molar-refractivity contribution in [1.29, 1.82) is 0 Å². The van der Waals surface area contributed by atoms with Crippen molar-refractivity contribution >= 4 is 17.9 Å². The lowest BCUT2D eigenvalue weighted by molar-refractivity contribution is -0.907. The number of carbonyl (C=O) groups is 3. The van der Waals surface area contributed by atoms with E-state index in [2.05, 4.69) is 19.1 Å². The summed E-state index contributed by atoms with van der Waals surface area (Å²) in [7, 11) is 0. The third kappa shape index (κ3) is 24.2. The fourth-order valence-corrected chi connectivity index (χ4v) is 5.02. The molecule has 0 unspecified atom stereocenters. The first kappa shape index (κ1) is 35.1. The molecule has 0 saturated carbocycles. The van der Waals surface area contributed by atoms with Crippen molar-refractivity contribution in [2.45, 2.75) is 135 Å². The van der Waals surface area contributed by atoms with E-state index >= 15 is 0 Å². The van der Waals surface area contributed by atoms with Crippen LogP contribution in [-0.2, 0) is 14.4 Å². The number of carboxylic acids is 3. The summed E-state index contributed by atoms with van der Waals surface area (Å²) in [4.78, 5) is 33.6. The van der Waals surface area contributed by atoms with Crippen molar-refractivity contribution in [3.05, 3.63) is 12.2 Å². The maximum absolute atomic E-state index is 11.2. The number of hydrogen-bond acceptors (Lipinski definition) is 3. The van der Waals surface area contributed by atoms with Gasteiger partial charge in [-0.25, -0.2) is 14.4 Å². The predicted octanol–water partition coefficient (Wildman–Crippen LogP) is 7.44. The van der Waals surface area contributed by atoms with Gasteiger partial charge >= 0.3 is 17.9 Å². The minimum Gasteiger partial charge on any atom is -0.477 e. The topological polar surface area (TPSA) is 112 Å². The second-order valence-electron chi connectivity index (χ2n) is 10.8. The molecule has 0 aromatic rings. The molecule has 0 aromatic carbocycles. The highest BCUT2D eigenvalue weighted by Gasteiger charge is 2.35. The van der Waals surface area contributed by atoms with Crippen LogP contribution in [0, 0.1) is 0 Å². The van der Waals surface area contributed by atoms with Crippen molar-refractivity contribution < 1.29 is 34.2 Å². The van der Waals surface area contributed by atoms with Gasteiger partial charge in [-0.1, -0.05) is 109 Å². The average Bonchev–Trinajstić information content (AvgIpc) is 2.81. The van der Waals surface area contributed by atoms with Crippen LogP contribution in [0.15, 0.2) is 12.2 Å². The predicted molar refractivity (Wildman–Crippen MR) is 150 cm³/mol. The van der Waals surface area contributed by atoms with Gasteiger partial charge in [-0.15, -0.1) is 0 Å². The third-order valence-electron chi connectivity index (χ3n) is 7.06. The average molecular weight is 527 g/mol. The lowest BCUT2D eigenvalue weighted by Gasteiger charge is -2.34. The molecule has 0 amide bonds. The van der Waals surface area contributed by atoms with E-state index in [0.29, 0.717) is 6.42 Å². The monoisotopic (exact) mass is 526 g/mol. The minimum atomic E-state index is -1.18. The molecule has 0 radical (unpaired) electrons. The number of quaternary nitrogens is 1. The molecule has 3 N–H and O–H groups in total. The number of rotatable bonds is 28. The Balaban J connectivity index is 3.69. The highest BCUT2D eigenvalue weighted by Crippen LogP contribution is 2.15. The number of allylic oxidation sites excluding steroid dienone is 2. The summed E-state index contributed by atoms with van der Waals surface area (Å²) in [5.74, 6) is -3.53. The van der Waals surface area contributed by atoms with Crippen LogP contribution >= 0.6 is 0 Å². The van der Waals surface area contributed by atoms with Crippen molar-refractivity contribution in [3.8, 4) is 0 Å². The molecule has 7 heteroatoms. The maximum atomic E-state index is 11.2. The SMILES string of the molecule is CCCCCCCCCCCCCCCCC/C=C/CCCCC[N+](CC(=O)O)(CC(=O)O)CC(=O)O. The van der Waals surface area contributed by atoms with Crippen molar-refractivity contribution in [2.75, 3.05) is 26.2 Å². The summed E-state index contributed by atoms with van der Waals surface area (Å²) in [6, 6.07) is 0. The van der Waals surface area contributed by atoms with Gasteiger partial charge < -0.3 is 15.3 Å². The number of nitrogens with zero attached hydrogens (tertiary/aromatic N) is 1. The number of hydrogen-bond donors (Lipinski definition) is 3. The largest absolute Gasteiger partial charge is 0.477 e. The van der Waals surface area contributed by atoms with Crippen molar-refractivity contribution in [2.24, 2.45) is 0 Å². The Hall–Kier alpha value is -1.89. The smallest absolute Gasteiger partial charge is 0.359 e. The molecule has 0 aliphatic heterocycles. The molecule has 0 bridgehead atoms. The zero-order valence-corrected chi connectivity index (χ0v) is 23.6. The molecule has 0 heterocycles. The minimum absolute atomic E-state index is 0.244. The first-order chi connectivity index (χ1) is 17.8.